The molecule has 1 atom stereocenters. The van der Waals surface area contributed by atoms with E-state index in [1.54, 1.807) is 24.3 Å². The van der Waals surface area contributed by atoms with E-state index in [0.717, 1.165) is 12.8 Å². The van der Waals surface area contributed by atoms with Crippen molar-refractivity contribution in [3.05, 3.63) is 42.0 Å². The van der Waals surface area contributed by atoms with Gasteiger partial charge in [0.2, 0.25) is 5.91 Å². The van der Waals surface area contributed by atoms with Crippen LogP contribution in [0.1, 0.15) is 24.8 Å². The number of carbonyl (C=O) groups is 2. The Morgan fingerprint density at radius 1 is 1.23 bits per heavy atom. The van der Waals surface area contributed by atoms with E-state index in [4.69, 9.17) is 10.00 Å². The third-order valence-corrected chi connectivity index (χ3v) is 3.32. The van der Waals surface area contributed by atoms with Gasteiger partial charge in [0.1, 0.15) is 5.75 Å². The van der Waals surface area contributed by atoms with Crippen LogP contribution in [0.5, 0.6) is 5.75 Å². The molecule has 6 nitrogen and oxygen atoms in total. The first kappa shape index (κ1) is 15.6. The van der Waals surface area contributed by atoms with Gasteiger partial charge in [-0.2, -0.15) is 5.26 Å². The summed E-state index contributed by atoms with van der Waals surface area (Å²) in [5.74, 6) is -0.234. The number of allylic oxidation sites excluding steroid dienone is 2. The van der Waals surface area contributed by atoms with Crippen molar-refractivity contribution in [1.29, 1.82) is 5.26 Å². The monoisotopic (exact) mass is 299 g/mol. The molecule has 0 radical (unpaired) electrons. The van der Waals surface area contributed by atoms with E-state index in [1.807, 2.05) is 18.2 Å². The molecule has 1 unspecified atom stereocenters. The molecule has 22 heavy (non-hydrogen) atoms. The molecular formula is C16H17N3O3. The summed E-state index contributed by atoms with van der Waals surface area (Å²) >= 11 is 0. The van der Waals surface area contributed by atoms with Gasteiger partial charge in [0.05, 0.1) is 11.6 Å². The molecule has 1 aliphatic rings. The predicted octanol–water partition coefficient (Wildman–Crippen LogP) is 1.44. The van der Waals surface area contributed by atoms with Gasteiger partial charge in [-0.15, -0.1) is 0 Å². The number of hydrogen-bond acceptors (Lipinski definition) is 4. The topological polar surface area (TPSA) is 91.2 Å². The van der Waals surface area contributed by atoms with Gasteiger partial charge >= 0.3 is 0 Å². The second-order valence-corrected chi connectivity index (χ2v) is 4.94. The van der Waals surface area contributed by atoms with Gasteiger partial charge < -0.3 is 4.74 Å². The minimum absolute atomic E-state index is 0.0928. The lowest BCUT2D eigenvalue weighted by molar-refractivity contribution is -0.132. The van der Waals surface area contributed by atoms with Crippen molar-refractivity contribution in [3.63, 3.8) is 0 Å². The Balaban J connectivity index is 1.70. The molecule has 2 N–H and O–H groups in total. The summed E-state index contributed by atoms with van der Waals surface area (Å²) in [7, 11) is 0. The maximum absolute atomic E-state index is 11.8. The summed E-state index contributed by atoms with van der Waals surface area (Å²) in [6.45, 7) is -0.212. The van der Waals surface area contributed by atoms with Crippen molar-refractivity contribution >= 4 is 11.8 Å². The number of benzene rings is 1. The quantitative estimate of drug-likeness (QED) is 0.650. The molecule has 0 spiro atoms. The average Bonchev–Trinajstić information content (AvgIpc) is 2.59. The number of ether oxygens (including phenoxy) is 1. The molecule has 0 aromatic heterocycles. The first-order valence-electron chi connectivity index (χ1n) is 7.05. The van der Waals surface area contributed by atoms with E-state index in [9.17, 15) is 9.59 Å². The largest absolute Gasteiger partial charge is 0.484 e. The smallest absolute Gasteiger partial charge is 0.276 e. The fourth-order valence-corrected chi connectivity index (χ4v) is 2.08. The highest BCUT2D eigenvalue weighted by Crippen LogP contribution is 2.17. The van der Waals surface area contributed by atoms with E-state index in [1.165, 1.54) is 0 Å². The van der Waals surface area contributed by atoms with E-state index in [-0.39, 0.29) is 18.4 Å². The van der Waals surface area contributed by atoms with Crippen molar-refractivity contribution in [2.75, 3.05) is 6.61 Å². The van der Waals surface area contributed by atoms with E-state index < -0.39 is 5.91 Å². The average molecular weight is 299 g/mol. The van der Waals surface area contributed by atoms with E-state index >= 15 is 0 Å². The Morgan fingerprint density at radius 2 is 2.00 bits per heavy atom. The summed E-state index contributed by atoms with van der Waals surface area (Å²) in [6, 6.07) is 8.42. The summed E-state index contributed by atoms with van der Waals surface area (Å²) in [5, 5.41) is 8.68. The molecule has 1 aliphatic carbocycles. The second-order valence-electron chi connectivity index (χ2n) is 4.94. The third-order valence-electron chi connectivity index (χ3n) is 3.32. The first-order valence-corrected chi connectivity index (χ1v) is 7.05. The number of hydrogen-bond donors (Lipinski definition) is 2. The van der Waals surface area contributed by atoms with Crippen molar-refractivity contribution in [3.8, 4) is 11.8 Å². The molecule has 2 rings (SSSR count). The fourth-order valence-electron chi connectivity index (χ4n) is 2.08. The highest BCUT2D eigenvalue weighted by atomic mass is 16.5. The van der Waals surface area contributed by atoms with Crippen molar-refractivity contribution in [2.45, 2.75) is 19.3 Å². The zero-order valence-corrected chi connectivity index (χ0v) is 12.0. The number of nitrogens with one attached hydrogen (secondary N) is 2. The zero-order chi connectivity index (χ0) is 15.8. The van der Waals surface area contributed by atoms with Crippen molar-refractivity contribution in [2.24, 2.45) is 5.92 Å². The van der Waals surface area contributed by atoms with E-state index in [0.29, 0.717) is 17.7 Å². The SMILES string of the molecule is N#Cc1ccc(OCC(=O)NNC(=O)C2CC=CCC2)cc1. The number of rotatable bonds is 4. The zero-order valence-electron chi connectivity index (χ0n) is 12.0. The van der Waals surface area contributed by atoms with Crippen LogP contribution < -0.4 is 15.6 Å². The molecule has 0 heterocycles. The molecule has 1 aromatic carbocycles. The van der Waals surface area contributed by atoms with Gasteiger partial charge in [-0.25, -0.2) is 0 Å². The summed E-state index contributed by atoms with van der Waals surface area (Å²) < 4.78 is 5.26. The molecule has 0 aliphatic heterocycles. The standard InChI is InChI=1S/C16H17N3O3/c17-10-12-6-8-14(9-7-12)22-11-15(20)18-19-16(21)13-4-2-1-3-5-13/h1-2,6-9,13H,3-5,11H2,(H,18,20)(H,19,21). The Labute approximate surface area is 128 Å². The molecule has 114 valence electrons. The first-order chi connectivity index (χ1) is 10.7. The van der Waals surface area contributed by atoms with Crippen molar-refractivity contribution < 1.29 is 14.3 Å². The van der Waals surface area contributed by atoms with Gasteiger partial charge in [-0.05, 0) is 43.5 Å². The van der Waals surface area contributed by atoms with Crippen LogP contribution in [0.4, 0.5) is 0 Å². The predicted molar refractivity (Wildman–Crippen MR) is 79.4 cm³/mol. The Hall–Kier alpha value is -2.81. The minimum Gasteiger partial charge on any atom is -0.484 e. The van der Waals surface area contributed by atoms with E-state index in [2.05, 4.69) is 10.9 Å². The van der Waals surface area contributed by atoms with Gasteiger partial charge in [-0.3, -0.25) is 20.4 Å². The summed E-state index contributed by atoms with van der Waals surface area (Å²) in [5.41, 5.74) is 5.26. The second kappa shape index (κ2) is 7.84. The van der Waals surface area contributed by atoms with Crippen LogP contribution in [-0.4, -0.2) is 18.4 Å². The molecular weight excluding hydrogens is 282 g/mol. The molecule has 1 aromatic rings. The molecule has 0 fully saturated rings. The Kier molecular flexibility index (Phi) is 5.55. The summed E-state index contributed by atoms with van der Waals surface area (Å²) in [4.78, 5) is 23.4. The van der Waals surface area contributed by atoms with Crippen LogP contribution in [0.15, 0.2) is 36.4 Å². The van der Waals surface area contributed by atoms with Crippen LogP contribution in [0.3, 0.4) is 0 Å². The number of nitriles is 1. The van der Waals surface area contributed by atoms with Gasteiger partial charge in [-0.1, -0.05) is 12.2 Å². The van der Waals surface area contributed by atoms with Crippen LogP contribution >= 0.6 is 0 Å². The molecule has 0 bridgehead atoms. The fraction of sp³-hybridized carbons (Fsp3) is 0.312. The Morgan fingerprint density at radius 3 is 2.64 bits per heavy atom. The number of carbonyl (C=O) groups excluding carboxylic acids is 2. The van der Waals surface area contributed by atoms with Crippen LogP contribution in [0.2, 0.25) is 0 Å². The normalized spacial score (nSPS) is 16.4. The van der Waals surface area contributed by atoms with Crippen LogP contribution in [0.25, 0.3) is 0 Å². The Bertz CT molecular complexity index is 602. The lowest BCUT2D eigenvalue weighted by Gasteiger charge is -2.17. The highest BCUT2D eigenvalue weighted by Gasteiger charge is 2.18. The van der Waals surface area contributed by atoms with Gasteiger partial charge in [0, 0.05) is 5.92 Å². The van der Waals surface area contributed by atoms with Crippen LogP contribution in [0, 0.1) is 17.2 Å². The number of hydrazine groups is 1. The highest BCUT2D eigenvalue weighted by molar-refractivity contribution is 5.84. The van der Waals surface area contributed by atoms with Crippen molar-refractivity contribution in [1.82, 2.24) is 10.9 Å². The minimum atomic E-state index is -0.441. The van der Waals surface area contributed by atoms with Gasteiger partial charge in [0.25, 0.3) is 5.91 Å². The third kappa shape index (κ3) is 4.63. The lowest BCUT2D eigenvalue weighted by atomic mass is 9.94. The number of nitrogens with zero attached hydrogens (tertiary/aromatic N) is 1. The molecule has 0 saturated carbocycles. The molecule has 6 heteroatoms. The molecule has 2 amide bonds. The maximum Gasteiger partial charge on any atom is 0.276 e. The maximum atomic E-state index is 11.8. The van der Waals surface area contributed by atoms with Crippen LogP contribution in [-0.2, 0) is 9.59 Å². The summed E-state index contributed by atoms with van der Waals surface area (Å²) in [6.07, 6.45) is 6.40. The number of amides is 2. The lowest BCUT2D eigenvalue weighted by Crippen LogP contribution is -2.46. The molecule has 0 saturated heterocycles. The van der Waals surface area contributed by atoms with Gasteiger partial charge in [0.15, 0.2) is 6.61 Å².